The van der Waals surface area contributed by atoms with Gasteiger partial charge in [0.15, 0.2) is 0 Å². The number of halogens is 20. The lowest BCUT2D eigenvalue weighted by molar-refractivity contribution is -0.461. The number of nitrogens with one attached hydrogen (secondary N) is 2. The van der Waals surface area contributed by atoms with E-state index in [2.05, 4.69) is 10.1 Å². The third kappa shape index (κ3) is 11.0. The zero-order chi connectivity index (χ0) is 45.1. The number of hydrogen-bond donors (Lipinski definition) is 2. The van der Waals surface area contributed by atoms with Crippen LogP contribution in [0.5, 0.6) is 0 Å². The minimum atomic E-state index is -8.73. The van der Waals surface area contributed by atoms with Crippen molar-refractivity contribution >= 4 is 25.9 Å². The molecular weight excluding hydrogens is 852 g/mol. The summed E-state index contributed by atoms with van der Waals surface area (Å²) in [7, 11) is -2.22. The first kappa shape index (κ1) is 53.2. The zero-order valence-electron chi connectivity index (χ0n) is 29.7. The predicted octanol–water partition coefficient (Wildman–Crippen LogP) is 8.50. The summed E-state index contributed by atoms with van der Waals surface area (Å²) >= 11 is 0. The van der Waals surface area contributed by atoms with E-state index in [1.807, 2.05) is 5.32 Å². The second-order valence-electron chi connectivity index (χ2n) is 13.6. The van der Waals surface area contributed by atoms with Gasteiger partial charge in [-0.3, -0.25) is 9.59 Å². The van der Waals surface area contributed by atoms with Crippen LogP contribution in [-0.4, -0.2) is 112 Å². The van der Waals surface area contributed by atoms with Crippen molar-refractivity contribution in [1.82, 2.24) is 10.6 Å². The SMILES string of the molecule is COC(=O)[C@H](C)NC[C@H](C(=O)N[C@H](C(=O)OCC[Si](C)(C)CCCC(F)(F)C(F)(F)C(F)(F)C(F)(F)C(F)(F)C(F)(F)C(F)(F)C(F)(F)F)C(C)C)C(F)(F)F. The van der Waals surface area contributed by atoms with E-state index in [4.69, 9.17) is 4.74 Å². The van der Waals surface area contributed by atoms with Gasteiger partial charge in [0, 0.05) is 13.0 Å². The number of alkyl halides is 20. The van der Waals surface area contributed by atoms with E-state index in [9.17, 15) is 102 Å². The Labute approximate surface area is 305 Å². The Morgan fingerprint density at radius 3 is 1.45 bits per heavy atom. The average Bonchev–Trinajstić information content (AvgIpc) is 3.00. The fraction of sp³-hybridized carbons (Fsp3) is 0.893. The molecule has 0 aromatic heterocycles. The summed E-state index contributed by atoms with van der Waals surface area (Å²) in [5.41, 5.74) is 0. The van der Waals surface area contributed by atoms with E-state index in [1.165, 1.54) is 26.9 Å². The predicted molar refractivity (Wildman–Crippen MR) is 154 cm³/mol. The molecule has 56 heavy (non-hydrogen) atoms. The Morgan fingerprint density at radius 2 is 1.05 bits per heavy atom. The van der Waals surface area contributed by atoms with Crippen LogP contribution in [0.4, 0.5) is 87.8 Å². The van der Waals surface area contributed by atoms with Gasteiger partial charge in [0.25, 0.3) is 0 Å². The van der Waals surface area contributed by atoms with Gasteiger partial charge in [0.05, 0.1) is 21.8 Å². The monoisotopic (exact) mass is 888 g/mol. The van der Waals surface area contributed by atoms with E-state index in [1.54, 1.807) is 0 Å². The zero-order valence-corrected chi connectivity index (χ0v) is 30.7. The fourth-order valence-corrected chi connectivity index (χ4v) is 6.49. The molecule has 28 heteroatoms. The average molecular weight is 889 g/mol. The van der Waals surface area contributed by atoms with E-state index in [0.29, 0.717) is 0 Å². The summed E-state index contributed by atoms with van der Waals surface area (Å²) < 4.78 is 280. The molecule has 0 rings (SSSR count). The highest BCUT2D eigenvalue weighted by molar-refractivity contribution is 6.77. The maximum Gasteiger partial charge on any atom is 0.460 e. The van der Waals surface area contributed by atoms with Crippen molar-refractivity contribution in [2.45, 2.75) is 125 Å². The molecule has 2 N–H and O–H groups in total. The van der Waals surface area contributed by atoms with Gasteiger partial charge in [-0.05, 0) is 25.3 Å². The van der Waals surface area contributed by atoms with Crippen LogP contribution in [0, 0.1) is 11.8 Å². The second-order valence-corrected chi connectivity index (χ2v) is 18.9. The number of carbonyl (C=O) groups excluding carboxylic acids is 3. The molecule has 332 valence electrons. The van der Waals surface area contributed by atoms with Crippen molar-refractivity contribution in [3.05, 3.63) is 0 Å². The highest BCUT2D eigenvalue weighted by Gasteiger charge is 2.95. The number of amides is 1. The standard InChI is InChI=1S/C28H36F20N2O5Si/c1-13(2)16(50-17(51)15(21(31,32)33)12-49-14(3)18(52)54-4)19(53)55-9-11-56(5,6)10-7-8-20(29,30)22(34,35)23(36,37)24(38,39)25(40,41)26(42,43)27(44,45)28(46,47)48/h13-16,49H,7-12H2,1-6H3,(H,50,51)/t14-,15+,16-/m0/s1. The quantitative estimate of drug-likeness (QED) is 0.0683. The summed E-state index contributed by atoms with van der Waals surface area (Å²) in [6.07, 6.45) is -17.1. The highest BCUT2D eigenvalue weighted by Crippen LogP contribution is 2.64. The Kier molecular flexibility index (Phi) is 16.7. The molecule has 0 aromatic rings. The van der Waals surface area contributed by atoms with Crippen molar-refractivity contribution in [2.24, 2.45) is 11.8 Å². The lowest BCUT2D eigenvalue weighted by Gasteiger charge is -2.42. The van der Waals surface area contributed by atoms with Gasteiger partial charge in [0.1, 0.15) is 18.0 Å². The maximum absolute atomic E-state index is 14.3. The van der Waals surface area contributed by atoms with Crippen molar-refractivity contribution < 1.29 is 112 Å². The number of carbonyl (C=O) groups is 3. The van der Waals surface area contributed by atoms with Crippen LogP contribution in [0.1, 0.15) is 33.6 Å². The van der Waals surface area contributed by atoms with Crippen LogP contribution >= 0.6 is 0 Å². The summed E-state index contributed by atoms with van der Waals surface area (Å²) in [5, 5.41) is 3.96. The van der Waals surface area contributed by atoms with Gasteiger partial charge >= 0.3 is 65.7 Å². The van der Waals surface area contributed by atoms with Crippen molar-refractivity contribution in [3.8, 4) is 0 Å². The normalized spacial score (nSPS) is 16.3. The smallest absolute Gasteiger partial charge is 0.460 e. The molecule has 1 amide bonds. The molecule has 0 aliphatic carbocycles. The van der Waals surface area contributed by atoms with Crippen LogP contribution in [0.15, 0.2) is 0 Å². The summed E-state index contributed by atoms with van der Waals surface area (Å²) in [6.45, 7) is 4.24. The molecular formula is C28H36F20N2O5Si. The van der Waals surface area contributed by atoms with E-state index < -0.39 is 136 Å². The van der Waals surface area contributed by atoms with Gasteiger partial charge < -0.3 is 20.1 Å². The molecule has 0 aliphatic heterocycles. The second kappa shape index (κ2) is 17.6. The topological polar surface area (TPSA) is 93.7 Å². The molecule has 0 aliphatic rings. The Bertz CT molecular complexity index is 1350. The molecule has 0 aromatic carbocycles. The van der Waals surface area contributed by atoms with Crippen LogP contribution in [0.25, 0.3) is 0 Å². The Balaban J connectivity index is 5.78. The third-order valence-electron chi connectivity index (χ3n) is 8.27. The number of rotatable bonds is 21. The van der Waals surface area contributed by atoms with Crippen LogP contribution in [-0.2, 0) is 23.9 Å². The number of hydrogen-bond acceptors (Lipinski definition) is 6. The molecule has 7 nitrogen and oxygen atoms in total. The Morgan fingerprint density at radius 1 is 0.625 bits per heavy atom. The summed E-state index contributed by atoms with van der Waals surface area (Å²) in [6, 6.07) is -4.10. The van der Waals surface area contributed by atoms with Crippen LogP contribution < -0.4 is 10.6 Å². The summed E-state index contributed by atoms with van der Waals surface area (Å²) in [5.74, 6) is -64.8. The van der Waals surface area contributed by atoms with Gasteiger partial charge in [0.2, 0.25) is 5.91 Å². The number of esters is 2. The summed E-state index contributed by atoms with van der Waals surface area (Å²) in [4.78, 5) is 36.6. The molecule has 0 unspecified atom stereocenters. The lowest BCUT2D eigenvalue weighted by atomic mass is 9.88. The molecule has 0 radical (unpaired) electrons. The molecule has 0 saturated carbocycles. The van der Waals surface area contributed by atoms with Gasteiger partial charge in [-0.2, -0.15) is 87.8 Å². The first-order valence-corrected chi connectivity index (χ1v) is 19.0. The van der Waals surface area contributed by atoms with Gasteiger partial charge in [-0.25, -0.2) is 4.79 Å². The maximum atomic E-state index is 14.3. The highest BCUT2D eigenvalue weighted by atomic mass is 28.3. The lowest BCUT2D eigenvalue weighted by Crippen LogP contribution is -2.74. The van der Waals surface area contributed by atoms with Crippen molar-refractivity contribution in [3.63, 3.8) is 0 Å². The van der Waals surface area contributed by atoms with Crippen LogP contribution in [0.3, 0.4) is 0 Å². The molecule has 0 bridgehead atoms. The van der Waals surface area contributed by atoms with Gasteiger partial charge in [-0.15, -0.1) is 0 Å². The fourth-order valence-electron chi connectivity index (χ4n) is 4.45. The number of methoxy groups -OCH3 is 1. The molecule has 3 atom stereocenters. The first-order valence-electron chi connectivity index (χ1n) is 15.6. The van der Waals surface area contributed by atoms with E-state index in [-0.39, 0.29) is 6.04 Å². The molecule has 0 heterocycles. The number of ether oxygens (including phenoxy) is 2. The van der Waals surface area contributed by atoms with E-state index >= 15 is 0 Å². The van der Waals surface area contributed by atoms with Crippen LogP contribution in [0.2, 0.25) is 25.2 Å². The first-order chi connectivity index (χ1) is 24.6. The largest absolute Gasteiger partial charge is 0.468 e. The molecule has 0 fully saturated rings. The minimum absolute atomic E-state index is 0.344. The Hall–Kier alpha value is -2.81. The van der Waals surface area contributed by atoms with Crippen molar-refractivity contribution in [1.29, 1.82) is 0 Å². The third-order valence-corrected chi connectivity index (χ3v) is 11.5. The minimum Gasteiger partial charge on any atom is -0.468 e. The van der Waals surface area contributed by atoms with E-state index in [0.717, 1.165) is 14.0 Å². The van der Waals surface area contributed by atoms with Crippen molar-refractivity contribution in [2.75, 3.05) is 20.3 Å². The molecule has 0 spiro atoms. The van der Waals surface area contributed by atoms with Gasteiger partial charge in [-0.1, -0.05) is 33.0 Å². The molecule has 0 saturated heterocycles.